The van der Waals surface area contributed by atoms with Crippen LogP contribution >= 0.6 is 23.2 Å². The number of para-hydroxylation sites is 1. The number of amides is 1. The summed E-state index contributed by atoms with van der Waals surface area (Å²) in [7, 11) is 1.94. The van der Waals surface area contributed by atoms with Crippen LogP contribution in [0.15, 0.2) is 42.5 Å². The van der Waals surface area contributed by atoms with Gasteiger partial charge in [-0.3, -0.25) is 9.69 Å². The summed E-state index contributed by atoms with van der Waals surface area (Å²) in [6.07, 6.45) is 0. The topological polar surface area (TPSA) is 44.8 Å². The van der Waals surface area contributed by atoms with E-state index in [0.29, 0.717) is 22.3 Å². The Kier molecular flexibility index (Phi) is 7.18. The minimum atomic E-state index is -0.340. The molecule has 1 atom stereocenters. The second-order valence-corrected chi connectivity index (χ2v) is 7.70. The van der Waals surface area contributed by atoms with Crippen LogP contribution in [0.1, 0.15) is 12.5 Å². The van der Waals surface area contributed by atoms with Crippen molar-refractivity contribution in [1.82, 2.24) is 4.90 Å². The highest BCUT2D eigenvalue weighted by molar-refractivity contribution is 6.44. The molecule has 0 unspecified atom stereocenters. The lowest BCUT2D eigenvalue weighted by Crippen LogP contribution is -2.40. The van der Waals surface area contributed by atoms with Crippen molar-refractivity contribution in [2.45, 2.75) is 19.5 Å². The summed E-state index contributed by atoms with van der Waals surface area (Å²) in [6, 6.07) is 13.2. The number of hydrogen-bond acceptors (Lipinski definition) is 4. The monoisotopic (exact) mass is 421 g/mol. The van der Waals surface area contributed by atoms with Gasteiger partial charge in [0, 0.05) is 25.3 Å². The quantitative estimate of drug-likeness (QED) is 0.755. The molecular weight excluding hydrogens is 397 g/mol. The molecule has 1 amide bonds. The van der Waals surface area contributed by atoms with E-state index < -0.39 is 0 Å². The average Bonchev–Trinajstić information content (AvgIpc) is 2.71. The van der Waals surface area contributed by atoms with E-state index in [2.05, 4.69) is 22.3 Å². The molecule has 0 radical (unpaired) electrons. The van der Waals surface area contributed by atoms with Crippen LogP contribution in [0.5, 0.6) is 0 Å². The summed E-state index contributed by atoms with van der Waals surface area (Å²) in [5, 5.41) is 3.64. The van der Waals surface area contributed by atoms with Crippen LogP contribution in [0, 0.1) is 0 Å². The lowest BCUT2D eigenvalue weighted by atomic mass is 10.1. The van der Waals surface area contributed by atoms with Crippen molar-refractivity contribution < 1.29 is 9.53 Å². The Morgan fingerprint density at radius 2 is 1.89 bits per heavy atom. The molecule has 0 bridgehead atoms. The number of rotatable bonds is 6. The Morgan fingerprint density at radius 1 is 1.18 bits per heavy atom. The van der Waals surface area contributed by atoms with Crippen molar-refractivity contribution in [2.75, 3.05) is 43.6 Å². The van der Waals surface area contributed by atoms with Crippen LogP contribution < -0.4 is 10.2 Å². The summed E-state index contributed by atoms with van der Waals surface area (Å²) < 4.78 is 5.46. The molecule has 7 heteroatoms. The molecule has 1 saturated heterocycles. The first-order valence-electron chi connectivity index (χ1n) is 9.33. The molecule has 0 spiro atoms. The van der Waals surface area contributed by atoms with Gasteiger partial charge >= 0.3 is 0 Å². The summed E-state index contributed by atoms with van der Waals surface area (Å²) in [5.74, 6) is -0.129. The number of benzene rings is 2. The zero-order valence-corrected chi connectivity index (χ0v) is 17.6. The predicted molar refractivity (Wildman–Crippen MR) is 115 cm³/mol. The van der Waals surface area contributed by atoms with Crippen molar-refractivity contribution in [1.29, 1.82) is 0 Å². The van der Waals surface area contributed by atoms with Gasteiger partial charge in [0.2, 0.25) is 5.91 Å². The predicted octanol–water partition coefficient (Wildman–Crippen LogP) is 4.29. The maximum absolute atomic E-state index is 12.7. The zero-order chi connectivity index (χ0) is 20.1. The van der Waals surface area contributed by atoms with Crippen molar-refractivity contribution in [2.24, 2.45) is 0 Å². The van der Waals surface area contributed by atoms with Crippen LogP contribution in [0.3, 0.4) is 0 Å². The van der Waals surface area contributed by atoms with Crippen molar-refractivity contribution in [3.8, 4) is 0 Å². The van der Waals surface area contributed by atoms with E-state index in [1.807, 2.05) is 31.0 Å². The van der Waals surface area contributed by atoms with Crippen LogP contribution in [-0.4, -0.2) is 50.2 Å². The highest BCUT2D eigenvalue weighted by Gasteiger charge is 2.22. The Balaban J connectivity index is 1.68. The lowest BCUT2D eigenvalue weighted by Gasteiger charge is -2.32. The normalized spacial score (nSPS) is 15.5. The fourth-order valence-corrected chi connectivity index (χ4v) is 3.55. The molecular formula is C21H25Cl2N3O2. The number of ether oxygens (including phenoxy) is 1. The molecule has 150 valence electrons. The summed E-state index contributed by atoms with van der Waals surface area (Å²) >= 11 is 12.2. The Morgan fingerprint density at radius 3 is 2.64 bits per heavy atom. The number of nitrogens with one attached hydrogen (secondary N) is 1. The van der Waals surface area contributed by atoms with Gasteiger partial charge in [-0.25, -0.2) is 0 Å². The standard InChI is InChI=1S/C21H25Cl2N3O2/c1-15(21(27)24-18-8-5-7-17(22)20(18)23)25(2)14-16-6-3-4-9-19(16)26-10-12-28-13-11-26/h3-9,15H,10-14H2,1-2H3,(H,24,27)/t15-/m1/s1. The molecule has 1 aliphatic rings. The average molecular weight is 422 g/mol. The van der Waals surface area contributed by atoms with Crippen molar-refractivity contribution in [3.05, 3.63) is 58.1 Å². The molecule has 2 aromatic rings. The Labute approximate surface area is 176 Å². The van der Waals surface area contributed by atoms with Gasteiger partial charge in [-0.15, -0.1) is 0 Å². The van der Waals surface area contributed by atoms with Gasteiger partial charge in [-0.2, -0.15) is 0 Å². The fourth-order valence-electron chi connectivity index (χ4n) is 3.20. The van der Waals surface area contributed by atoms with Gasteiger partial charge in [0.05, 0.1) is 35.0 Å². The van der Waals surface area contributed by atoms with Crippen LogP contribution in [0.2, 0.25) is 10.0 Å². The number of nitrogens with zero attached hydrogens (tertiary/aromatic N) is 2. The van der Waals surface area contributed by atoms with Crippen molar-refractivity contribution in [3.63, 3.8) is 0 Å². The van der Waals surface area contributed by atoms with Gasteiger partial charge in [0.15, 0.2) is 0 Å². The number of carbonyl (C=O) groups excluding carboxylic acids is 1. The maximum Gasteiger partial charge on any atom is 0.241 e. The SMILES string of the molecule is C[C@H](C(=O)Nc1cccc(Cl)c1Cl)N(C)Cc1ccccc1N1CCOCC1. The third-order valence-corrected chi connectivity index (χ3v) is 5.83. The highest BCUT2D eigenvalue weighted by atomic mass is 35.5. The number of likely N-dealkylation sites (N-methyl/N-ethyl adjacent to an activating group) is 1. The first kappa shape index (κ1) is 20.9. The van der Waals surface area contributed by atoms with Crippen molar-refractivity contribution >= 4 is 40.5 Å². The van der Waals surface area contributed by atoms with Gasteiger partial charge in [-0.1, -0.05) is 47.5 Å². The van der Waals surface area contributed by atoms with Gasteiger partial charge in [0.1, 0.15) is 0 Å². The first-order chi connectivity index (χ1) is 13.5. The number of halogens is 2. The smallest absolute Gasteiger partial charge is 0.241 e. The first-order valence-corrected chi connectivity index (χ1v) is 10.1. The fraction of sp³-hybridized carbons (Fsp3) is 0.381. The minimum absolute atomic E-state index is 0.129. The molecule has 1 N–H and O–H groups in total. The van der Waals surface area contributed by atoms with Gasteiger partial charge in [0.25, 0.3) is 0 Å². The zero-order valence-electron chi connectivity index (χ0n) is 16.1. The van der Waals surface area contributed by atoms with Crippen LogP contribution in [0.4, 0.5) is 11.4 Å². The second-order valence-electron chi connectivity index (χ2n) is 6.91. The maximum atomic E-state index is 12.7. The van der Waals surface area contributed by atoms with E-state index in [9.17, 15) is 4.79 Å². The summed E-state index contributed by atoms with van der Waals surface area (Å²) in [6.45, 7) is 5.78. The highest BCUT2D eigenvalue weighted by Crippen LogP contribution is 2.30. The lowest BCUT2D eigenvalue weighted by molar-refractivity contribution is -0.120. The molecule has 28 heavy (non-hydrogen) atoms. The second kappa shape index (κ2) is 9.61. The number of morpholine rings is 1. The largest absolute Gasteiger partial charge is 0.378 e. The Hall–Kier alpha value is -1.79. The van der Waals surface area contributed by atoms with E-state index in [1.165, 1.54) is 11.3 Å². The molecule has 0 saturated carbocycles. The molecule has 1 fully saturated rings. The summed E-state index contributed by atoms with van der Waals surface area (Å²) in [5.41, 5.74) is 2.91. The molecule has 2 aromatic carbocycles. The molecule has 3 rings (SSSR count). The Bertz CT molecular complexity index is 825. The minimum Gasteiger partial charge on any atom is -0.378 e. The van der Waals surface area contributed by atoms with E-state index >= 15 is 0 Å². The number of hydrogen-bond donors (Lipinski definition) is 1. The third-order valence-electron chi connectivity index (χ3n) is 5.01. The van der Waals surface area contributed by atoms with E-state index in [0.717, 1.165) is 26.3 Å². The van der Waals surface area contributed by atoms with Crippen LogP contribution in [-0.2, 0) is 16.1 Å². The van der Waals surface area contributed by atoms with E-state index in [4.69, 9.17) is 27.9 Å². The van der Waals surface area contributed by atoms with Crippen LogP contribution in [0.25, 0.3) is 0 Å². The van der Waals surface area contributed by atoms with E-state index in [-0.39, 0.29) is 11.9 Å². The molecule has 1 aliphatic heterocycles. The van der Waals surface area contributed by atoms with Gasteiger partial charge < -0.3 is 15.0 Å². The molecule has 0 aliphatic carbocycles. The molecule has 1 heterocycles. The summed E-state index contributed by atoms with van der Waals surface area (Å²) in [4.78, 5) is 17.1. The molecule has 5 nitrogen and oxygen atoms in total. The number of carbonyl (C=O) groups is 1. The number of anilines is 2. The third kappa shape index (κ3) is 4.97. The van der Waals surface area contributed by atoms with Gasteiger partial charge in [-0.05, 0) is 37.7 Å². The van der Waals surface area contributed by atoms with E-state index in [1.54, 1.807) is 18.2 Å². The molecule has 0 aromatic heterocycles.